The van der Waals surface area contributed by atoms with Crippen LogP contribution in [-0.2, 0) is 0 Å². The Labute approximate surface area is 125 Å². The summed E-state index contributed by atoms with van der Waals surface area (Å²) in [6, 6.07) is 0. The summed E-state index contributed by atoms with van der Waals surface area (Å²) in [7, 11) is 0. The van der Waals surface area contributed by atoms with E-state index in [1.165, 1.54) is 77.8 Å². The smallest absolute Gasteiger partial charge is 0.00163 e. The molecule has 2 nitrogen and oxygen atoms in total. The number of hydrogen-bond donors (Lipinski definition) is 0. The van der Waals surface area contributed by atoms with Crippen molar-refractivity contribution in [2.75, 3.05) is 39.3 Å². The first-order valence-corrected chi connectivity index (χ1v) is 9.28. The van der Waals surface area contributed by atoms with Crippen LogP contribution in [0.5, 0.6) is 0 Å². The molecule has 0 bridgehead atoms. The molecule has 0 atom stereocenters. The van der Waals surface area contributed by atoms with E-state index in [-0.39, 0.29) is 0 Å². The van der Waals surface area contributed by atoms with Gasteiger partial charge in [-0.2, -0.15) is 0 Å². The van der Waals surface area contributed by atoms with Gasteiger partial charge in [0.05, 0.1) is 0 Å². The van der Waals surface area contributed by atoms with E-state index in [0.29, 0.717) is 0 Å². The Balaban J connectivity index is 1.39. The fourth-order valence-electron chi connectivity index (χ4n) is 5.09. The van der Waals surface area contributed by atoms with Crippen molar-refractivity contribution >= 4 is 0 Å². The van der Waals surface area contributed by atoms with Crippen molar-refractivity contribution in [3.05, 3.63) is 0 Å². The molecular weight excluding hydrogens is 244 g/mol. The molecule has 2 heteroatoms. The highest BCUT2D eigenvalue weighted by atomic mass is 15.2. The highest BCUT2D eigenvalue weighted by Gasteiger charge is 2.57. The first kappa shape index (κ1) is 14.8. The van der Waals surface area contributed by atoms with Gasteiger partial charge in [-0.15, -0.1) is 0 Å². The Morgan fingerprint density at radius 3 is 1.25 bits per heavy atom. The molecule has 116 valence electrons. The number of likely N-dealkylation sites (tertiary alicyclic amines) is 2. The van der Waals surface area contributed by atoms with Crippen molar-refractivity contribution in [2.45, 2.75) is 52.4 Å². The lowest BCUT2D eigenvalue weighted by atomic mass is 9.60. The summed E-state index contributed by atoms with van der Waals surface area (Å²) in [6.45, 7) is 13.1. The summed E-state index contributed by atoms with van der Waals surface area (Å²) >= 11 is 0. The molecule has 0 amide bonds. The Morgan fingerprint density at radius 2 is 0.950 bits per heavy atom. The number of unbranched alkanes of at least 4 members (excludes halogenated alkanes) is 4. The highest BCUT2D eigenvalue weighted by Crippen LogP contribution is 2.54. The molecule has 3 rings (SSSR count). The van der Waals surface area contributed by atoms with E-state index >= 15 is 0 Å². The second-order valence-electron chi connectivity index (χ2n) is 7.59. The monoisotopic (exact) mass is 278 g/mol. The first-order chi connectivity index (χ1) is 9.83. The van der Waals surface area contributed by atoms with Gasteiger partial charge in [0.25, 0.3) is 0 Å². The van der Waals surface area contributed by atoms with Gasteiger partial charge in [-0.05, 0) is 49.6 Å². The van der Waals surface area contributed by atoms with Crippen molar-refractivity contribution in [1.29, 1.82) is 0 Å². The molecule has 2 aliphatic heterocycles. The minimum absolute atomic E-state index is 1.07. The van der Waals surface area contributed by atoms with Crippen LogP contribution in [0.1, 0.15) is 52.4 Å². The zero-order valence-electron chi connectivity index (χ0n) is 13.7. The largest absolute Gasteiger partial charge is 0.303 e. The second-order valence-corrected chi connectivity index (χ2v) is 7.59. The highest BCUT2D eigenvalue weighted by molar-refractivity contribution is 5.08. The molecule has 0 unspecified atom stereocenters. The van der Waals surface area contributed by atoms with Gasteiger partial charge in [-0.1, -0.05) is 39.5 Å². The van der Waals surface area contributed by atoms with Gasteiger partial charge in [0, 0.05) is 26.2 Å². The van der Waals surface area contributed by atoms with Crippen LogP contribution in [-0.4, -0.2) is 49.1 Å². The topological polar surface area (TPSA) is 6.48 Å². The molecule has 0 aromatic carbocycles. The van der Waals surface area contributed by atoms with Crippen LogP contribution in [0.3, 0.4) is 0 Å². The summed E-state index contributed by atoms with van der Waals surface area (Å²) in [4.78, 5) is 5.56. The normalized spacial score (nSPS) is 36.9. The van der Waals surface area contributed by atoms with Gasteiger partial charge >= 0.3 is 0 Å². The van der Waals surface area contributed by atoms with E-state index < -0.39 is 0 Å². The molecule has 20 heavy (non-hydrogen) atoms. The Kier molecular flexibility index (Phi) is 5.04. The van der Waals surface area contributed by atoms with Crippen LogP contribution in [0, 0.1) is 23.7 Å². The van der Waals surface area contributed by atoms with E-state index in [1.807, 2.05) is 0 Å². The van der Waals surface area contributed by atoms with Crippen LogP contribution in [0.15, 0.2) is 0 Å². The fourth-order valence-corrected chi connectivity index (χ4v) is 5.09. The van der Waals surface area contributed by atoms with Gasteiger partial charge in [-0.3, -0.25) is 0 Å². The Bertz CT molecular complexity index is 246. The second kappa shape index (κ2) is 6.79. The number of nitrogens with zero attached hydrogens (tertiary/aromatic N) is 2. The number of fused-ring (bicyclic) bond motifs is 4. The predicted molar refractivity (Wildman–Crippen MR) is 85.9 cm³/mol. The van der Waals surface area contributed by atoms with Crippen molar-refractivity contribution in [3.8, 4) is 0 Å². The average molecular weight is 278 g/mol. The molecule has 1 aliphatic carbocycles. The number of hydrogen-bond acceptors (Lipinski definition) is 2. The van der Waals surface area contributed by atoms with Crippen molar-refractivity contribution in [2.24, 2.45) is 23.7 Å². The zero-order valence-corrected chi connectivity index (χ0v) is 13.7. The maximum Gasteiger partial charge on any atom is 0.00163 e. The lowest BCUT2D eigenvalue weighted by molar-refractivity contribution is 0.0629. The molecule has 1 saturated carbocycles. The van der Waals surface area contributed by atoms with Gasteiger partial charge in [0.1, 0.15) is 0 Å². The van der Waals surface area contributed by atoms with Crippen LogP contribution in [0.25, 0.3) is 0 Å². The van der Waals surface area contributed by atoms with E-state index in [1.54, 1.807) is 0 Å². The maximum absolute atomic E-state index is 2.78. The molecule has 2 heterocycles. The summed E-state index contributed by atoms with van der Waals surface area (Å²) in [6.07, 6.45) is 8.41. The van der Waals surface area contributed by atoms with Crippen LogP contribution in [0.2, 0.25) is 0 Å². The first-order valence-electron chi connectivity index (χ1n) is 9.28. The van der Waals surface area contributed by atoms with E-state index in [0.717, 1.165) is 23.7 Å². The van der Waals surface area contributed by atoms with Gasteiger partial charge in [0.15, 0.2) is 0 Å². The summed E-state index contributed by atoms with van der Waals surface area (Å²) < 4.78 is 0. The minimum atomic E-state index is 1.07. The van der Waals surface area contributed by atoms with E-state index in [4.69, 9.17) is 0 Å². The summed E-state index contributed by atoms with van der Waals surface area (Å²) in [5.41, 5.74) is 0. The molecule has 0 spiro atoms. The molecule has 0 radical (unpaired) electrons. The lowest BCUT2D eigenvalue weighted by Gasteiger charge is -2.43. The van der Waals surface area contributed by atoms with E-state index in [9.17, 15) is 0 Å². The average Bonchev–Trinajstić information content (AvgIpc) is 2.98. The molecule has 2 saturated heterocycles. The Hall–Kier alpha value is -0.0800. The quantitative estimate of drug-likeness (QED) is 0.627. The van der Waals surface area contributed by atoms with Crippen molar-refractivity contribution < 1.29 is 0 Å². The van der Waals surface area contributed by atoms with Crippen molar-refractivity contribution in [3.63, 3.8) is 0 Å². The van der Waals surface area contributed by atoms with Crippen LogP contribution >= 0.6 is 0 Å². The standard InChI is InChI=1S/C18H34N2/c1-3-5-7-9-19-11-15-16(12-19)18-14-20(13-17(15)18)10-8-6-4-2/h15-18H,3-14H2,1-2H3. The third-order valence-corrected chi connectivity index (χ3v) is 6.23. The fraction of sp³-hybridized carbons (Fsp3) is 1.00. The zero-order chi connectivity index (χ0) is 13.9. The van der Waals surface area contributed by atoms with E-state index in [2.05, 4.69) is 23.6 Å². The molecule has 0 N–H and O–H groups in total. The van der Waals surface area contributed by atoms with Gasteiger partial charge in [-0.25, -0.2) is 0 Å². The predicted octanol–water partition coefficient (Wildman–Crippen LogP) is 3.48. The van der Waals surface area contributed by atoms with Crippen LogP contribution < -0.4 is 0 Å². The SMILES string of the molecule is CCCCCN1CC2C(C1)C1CN(CCCCC)CC21. The maximum atomic E-state index is 2.78. The summed E-state index contributed by atoms with van der Waals surface area (Å²) in [5.74, 6) is 4.27. The van der Waals surface area contributed by atoms with Gasteiger partial charge < -0.3 is 9.80 Å². The molecule has 3 fully saturated rings. The molecule has 3 aliphatic rings. The molecular formula is C18H34N2. The van der Waals surface area contributed by atoms with Gasteiger partial charge in [0.2, 0.25) is 0 Å². The summed E-state index contributed by atoms with van der Waals surface area (Å²) in [5, 5.41) is 0. The third kappa shape index (κ3) is 2.92. The molecule has 0 aromatic rings. The van der Waals surface area contributed by atoms with Crippen LogP contribution in [0.4, 0.5) is 0 Å². The Morgan fingerprint density at radius 1 is 0.600 bits per heavy atom. The third-order valence-electron chi connectivity index (χ3n) is 6.23. The minimum Gasteiger partial charge on any atom is -0.303 e. The number of rotatable bonds is 8. The van der Waals surface area contributed by atoms with Crippen molar-refractivity contribution in [1.82, 2.24) is 9.80 Å². The lowest BCUT2D eigenvalue weighted by Crippen LogP contribution is -2.44. The molecule has 0 aromatic heterocycles.